The minimum absolute atomic E-state index is 0.0244. The van der Waals surface area contributed by atoms with Gasteiger partial charge < -0.3 is 15.0 Å². The van der Waals surface area contributed by atoms with E-state index in [0.29, 0.717) is 34.3 Å². The molecule has 1 atom stereocenters. The molecule has 0 aliphatic carbocycles. The third-order valence-electron chi connectivity index (χ3n) is 6.52. The highest BCUT2D eigenvalue weighted by Gasteiger charge is 2.34. The van der Waals surface area contributed by atoms with E-state index in [4.69, 9.17) is 27.9 Å². The van der Waals surface area contributed by atoms with Crippen molar-refractivity contribution in [2.45, 2.75) is 51.1 Å². The van der Waals surface area contributed by atoms with Gasteiger partial charge in [-0.15, -0.1) is 0 Å². The Kier molecular flexibility index (Phi) is 11.5. The van der Waals surface area contributed by atoms with Gasteiger partial charge in [0.05, 0.1) is 17.7 Å². The van der Waals surface area contributed by atoms with Crippen molar-refractivity contribution in [1.82, 2.24) is 10.2 Å². The number of ether oxygens (including phenoxy) is 1. The highest BCUT2D eigenvalue weighted by molar-refractivity contribution is 7.92. The molecule has 8 nitrogen and oxygen atoms in total. The highest BCUT2D eigenvalue weighted by atomic mass is 35.5. The number of anilines is 1. The van der Waals surface area contributed by atoms with Gasteiger partial charge in [0.25, 0.3) is 10.0 Å². The molecule has 2 amide bonds. The zero-order chi connectivity index (χ0) is 30.2. The minimum Gasteiger partial charge on any atom is -0.497 e. The van der Waals surface area contributed by atoms with Crippen LogP contribution in [-0.4, -0.2) is 51.4 Å². The Morgan fingerprint density at radius 3 is 2.32 bits per heavy atom. The molecular weight excluding hydrogens is 585 g/mol. The Hall–Kier alpha value is -3.27. The summed E-state index contributed by atoms with van der Waals surface area (Å²) in [5, 5.41) is 3.61. The van der Waals surface area contributed by atoms with Crippen LogP contribution in [0.2, 0.25) is 10.0 Å². The molecule has 0 saturated heterocycles. The van der Waals surface area contributed by atoms with Gasteiger partial charge in [-0.05, 0) is 61.7 Å². The van der Waals surface area contributed by atoms with Crippen LogP contribution in [0.5, 0.6) is 5.75 Å². The molecule has 1 N–H and O–H groups in total. The number of methoxy groups -OCH3 is 1. The van der Waals surface area contributed by atoms with Crippen molar-refractivity contribution < 1.29 is 22.7 Å². The number of hydrogen-bond donors (Lipinski definition) is 1. The smallest absolute Gasteiger partial charge is 0.264 e. The van der Waals surface area contributed by atoms with Crippen molar-refractivity contribution in [3.8, 4) is 5.75 Å². The second-order valence-corrected chi connectivity index (χ2v) is 12.2. The Morgan fingerprint density at radius 1 is 1.00 bits per heavy atom. The second kappa shape index (κ2) is 14.6. The summed E-state index contributed by atoms with van der Waals surface area (Å²) >= 11 is 12.5. The fraction of sp³-hybridized carbons (Fsp3) is 0.333. The number of nitrogens with one attached hydrogen (secondary N) is 1. The van der Waals surface area contributed by atoms with Crippen LogP contribution in [0, 0.1) is 6.92 Å². The van der Waals surface area contributed by atoms with E-state index in [1.165, 1.54) is 24.1 Å². The van der Waals surface area contributed by atoms with Crippen LogP contribution in [0.3, 0.4) is 0 Å². The van der Waals surface area contributed by atoms with Gasteiger partial charge in [-0.1, -0.05) is 66.9 Å². The third-order valence-corrected chi connectivity index (χ3v) is 8.90. The zero-order valence-electron chi connectivity index (χ0n) is 23.6. The summed E-state index contributed by atoms with van der Waals surface area (Å²) in [6, 6.07) is 16.9. The third kappa shape index (κ3) is 8.15. The van der Waals surface area contributed by atoms with Crippen LogP contribution >= 0.6 is 23.2 Å². The number of sulfonamides is 1. The Bertz CT molecular complexity index is 1470. The summed E-state index contributed by atoms with van der Waals surface area (Å²) < 4.78 is 34.3. The summed E-state index contributed by atoms with van der Waals surface area (Å²) in [4.78, 5) is 28.7. The fourth-order valence-corrected chi connectivity index (χ4v) is 6.13. The quantitative estimate of drug-likeness (QED) is 0.259. The molecule has 0 bridgehead atoms. The molecule has 3 rings (SSSR count). The lowest BCUT2D eigenvalue weighted by Crippen LogP contribution is -2.52. The molecule has 11 heteroatoms. The normalized spacial score (nSPS) is 12.0. The number of hydrogen-bond acceptors (Lipinski definition) is 5. The molecule has 0 fully saturated rings. The molecular formula is C30H35Cl2N3O5S. The van der Waals surface area contributed by atoms with E-state index in [9.17, 15) is 18.0 Å². The van der Waals surface area contributed by atoms with E-state index in [2.05, 4.69) is 5.32 Å². The number of benzene rings is 3. The Labute approximate surface area is 252 Å². The monoisotopic (exact) mass is 619 g/mol. The first kappa shape index (κ1) is 32.2. The van der Waals surface area contributed by atoms with Gasteiger partial charge in [0.2, 0.25) is 11.8 Å². The number of nitrogens with zero attached hydrogens (tertiary/aromatic N) is 2. The molecule has 0 radical (unpaired) electrons. The standard InChI is InChI=1S/C30H35Cl2N3O5S/c1-5-16-33-30(37)28(6-2)34(19-22-12-13-23(31)17-27(22)32)29(36)20-35(24-8-7-9-25(18-24)40-4)41(38,39)26-14-10-21(3)11-15-26/h7-15,17-18,28H,5-6,16,19-20H2,1-4H3,(H,33,37)/t28-/m0/s1. The first-order valence-electron chi connectivity index (χ1n) is 13.3. The maximum absolute atomic E-state index is 14.1. The number of halogens is 2. The Balaban J connectivity index is 2.09. The van der Waals surface area contributed by atoms with Gasteiger partial charge in [0.1, 0.15) is 18.3 Å². The molecule has 0 unspecified atom stereocenters. The van der Waals surface area contributed by atoms with E-state index >= 15 is 0 Å². The van der Waals surface area contributed by atoms with Crippen LogP contribution in [0.4, 0.5) is 5.69 Å². The van der Waals surface area contributed by atoms with Gasteiger partial charge in [-0.2, -0.15) is 0 Å². The maximum atomic E-state index is 14.1. The lowest BCUT2D eigenvalue weighted by Gasteiger charge is -2.33. The molecule has 0 heterocycles. The zero-order valence-corrected chi connectivity index (χ0v) is 25.9. The minimum atomic E-state index is -4.19. The summed E-state index contributed by atoms with van der Waals surface area (Å²) in [6.45, 7) is 5.43. The summed E-state index contributed by atoms with van der Waals surface area (Å²) in [5.41, 5.74) is 1.70. The van der Waals surface area contributed by atoms with E-state index in [1.54, 1.807) is 61.5 Å². The first-order chi connectivity index (χ1) is 19.5. The summed E-state index contributed by atoms with van der Waals surface area (Å²) in [7, 11) is -2.72. The molecule has 0 saturated carbocycles. The van der Waals surface area contributed by atoms with Gasteiger partial charge in [-0.25, -0.2) is 8.42 Å². The average molecular weight is 621 g/mol. The van der Waals surface area contributed by atoms with E-state index in [-0.39, 0.29) is 23.0 Å². The summed E-state index contributed by atoms with van der Waals surface area (Å²) in [6.07, 6.45) is 1.02. The van der Waals surface area contributed by atoms with Crippen molar-refractivity contribution in [2.24, 2.45) is 0 Å². The van der Waals surface area contributed by atoms with Crippen molar-refractivity contribution in [1.29, 1.82) is 0 Å². The number of aryl methyl sites for hydroxylation is 1. The van der Waals surface area contributed by atoms with Gasteiger partial charge in [0.15, 0.2) is 0 Å². The van der Waals surface area contributed by atoms with Gasteiger partial charge in [-0.3, -0.25) is 13.9 Å². The topological polar surface area (TPSA) is 96.0 Å². The molecule has 0 aliphatic rings. The van der Waals surface area contributed by atoms with Crippen molar-refractivity contribution in [3.63, 3.8) is 0 Å². The van der Waals surface area contributed by atoms with Crippen molar-refractivity contribution >= 4 is 50.7 Å². The lowest BCUT2D eigenvalue weighted by atomic mass is 10.1. The van der Waals surface area contributed by atoms with Crippen molar-refractivity contribution in [2.75, 3.05) is 24.5 Å². The molecule has 3 aromatic carbocycles. The van der Waals surface area contributed by atoms with Gasteiger partial charge >= 0.3 is 0 Å². The predicted molar refractivity (Wildman–Crippen MR) is 163 cm³/mol. The summed E-state index contributed by atoms with van der Waals surface area (Å²) in [5.74, 6) is -0.482. The molecule has 0 spiro atoms. The molecule has 220 valence electrons. The SMILES string of the molecule is CCCNC(=O)[C@H](CC)N(Cc1ccc(Cl)cc1Cl)C(=O)CN(c1cccc(OC)c1)S(=O)(=O)c1ccc(C)cc1. The predicted octanol–water partition coefficient (Wildman–Crippen LogP) is 5.84. The fourth-order valence-electron chi connectivity index (χ4n) is 4.25. The number of carbonyl (C=O) groups excluding carboxylic acids is 2. The van der Waals surface area contributed by atoms with Crippen LogP contribution in [0.25, 0.3) is 0 Å². The number of rotatable bonds is 13. The lowest BCUT2D eigenvalue weighted by molar-refractivity contribution is -0.140. The van der Waals surface area contributed by atoms with E-state index in [0.717, 1.165) is 16.3 Å². The number of amides is 2. The molecule has 0 aromatic heterocycles. The second-order valence-electron chi connectivity index (χ2n) is 9.50. The van der Waals surface area contributed by atoms with E-state index in [1.807, 2.05) is 13.8 Å². The van der Waals surface area contributed by atoms with Gasteiger partial charge in [0, 0.05) is 29.2 Å². The maximum Gasteiger partial charge on any atom is 0.264 e. The largest absolute Gasteiger partial charge is 0.497 e. The molecule has 41 heavy (non-hydrogen) atoms. The first-order valence-corrected chi connectivity index (χ1v) is 15.5. The Morgan fingerprint density at radius 2 is 1.71 bits per heavy atom. The van der Waals surface area contributed by atoms with Crippen LogP contribution in [-0.2, 0) is 26.2 Å². The molecule has 3 aromatic rings. The van der Waals surface area contributed by atoms with Crippen LogP contribution in [0.1, 0.15) is 37.8 Å². The van der Waals surface area contributed by atoms with E-state index < -0.39 is 28.5 Å². The van der Waals surface area contributed by atoms with Crippen LogP contribution < -0.4 is 14.4 Å². The average Bonchev–Trinajstić information content (AvgIpc) is 2.95. The highest BCUT2D eigenvalue weighted by Crippen LogP contribution is 2.29. The molecule has 0 aliphatic heterocycles. The number of carbonyl (C=O) groups is 2. The van der Waals surface area contributed by atoms with Crippen LogP contribution in [0.15, 0.2) is 71.6 Å². The van der Waals surface area contributed by atoms with Crippen molar-refractivity contribution in [3.05, 3.63) is 87.9 Å².